The number of unbranched alkanes of at least 4 members (excludes halogenated alkanes) is 5. The largest absolute Gasteiger partial charge is 0.493 e. The van der Waals surface area contributed by atoms with Crippen molar-refractivity contribution in [3.63, 3.8) is 0 Å². The van der Waals surface area contributed by atoms with Gasteiger partial charge in [-0.2, -0.15) is 5.10 Å². The van der Waals surface area contributed by atoms with E-state index in [1.54, 1.807) is 0 Å². The van der Waals surface area contributed by atoms with Gasteiger partial charge in [0.05, 0.1) is 17.7 Å². The van der Waals surface area contributed by atoms with Crippen molar-refractivity contribution >= 4 is 17.8 Å². The highest BCUT2D eigenvalue weighted by molar-refractivity contribution is 5.95. The van der Waals surface area contributed by atoms with E-state index in [4.69, 9.17) is 4.74 Å². The number of nitrogens with one attached hydrogen (secondary N) is 1. The van der Waals surface area contributed by atoms with E-state index in [2.05, 4.69) is 17.5 Å². The first kappa shape index (κ1) is 22.1. The van der Waals surface area contributed by atoms with Crippen LogP contribution in [0.15, 0.2) is 53.6 Å². The topological polar surface area (TPSA) is 93.8 Å². The molecule has 29 heavy (non-hydrogen) atoms. The average Bonchev–Trinajstić information content (AvgIpc) is 2.74. The standard InChI is InChI=1S/C22H27N3O4/c1-2-3-4-5-6-9-15-29-21-14-8-7-11-19(21)17-23-24-22(26)18-12-10-13-20(16-18)25(27)28/h7-8,10-14,16-17H,2-6,9,15H2,1H3,(H,24,26)/b23-17-. The number of rotatable bonds is 12. The van der Waals surface area contributed by atoms with Gasteiger partial charge in [0.25, 0.3) is 11.6 Å². The predicted octanol–water partition coefficient (Wildman–Crippen LogP) is 5.10. The van der Waals surface area contributed by atoms with Crippen molar-refractivity contribution in [1.82, 2.24) is 5.43 Å². The Morgan fingerprint density at radius 2 is 1.86 bits per heavy atom. The summed E-state index contributed by atoms with van der Waals surface area (Å²) in [6, 6.07) is 13.0. The number of hydrogen-bond acceptors (Lipinski definition) is 5. The second kappa shape index (κ2) is 12.3. The van der Waals surface area contributed by atoms with Crippen molar-refractivity contribution in [1.29, 1.82) is 0 Å². The van der Waals surface area contributed by atoms with Gasteiger partial charge >= 0.3 is 0 Å². The van der Waals surface area contributed by atoms with Crippen LogP contribution in [0.3, 0.4) is 0 Å². The Bertz CT molecular complexity index is 836. The maximum Gasteiger partial charge on any atom is 0.271 e. The molecule has 0 radical (unpaired) electrons. The third-order valence-corrected chi connectivity index (χ3v) is 4.36. The number of amides is 1. The molecule has 0 aliphatic carbocycles. The molecular weight excluding hydrogens is 370 g/mol. The van der Waals surface area contributed by atoms with Crippen LogP contribution in [0.2, 0.25) is 0 Å². The van der Waals surface area contributed by atoms with Gasteiger partial charge in [-0.05, 0) is 24.6 Å². The summed E-state index contributed by atoms with van der Waals surface area (Å²) >= 11 is 0. The number of carbonyl (C=O) groups excluding carboxylic acids is 1. The van der Waals surface area contributed by atoms with E-state index in [0.29, 0.717) is 12.4 Å². The summed E-state index contributed by atoms with van der Waals surface area (Å²) in [5, 5.41) is 14.8. The molecule has 0 aromatic heterocycles. The zero-order chi connectivity index (χ0) is 20.9. The number of non-ortho nitro benzene ring substituents is 1. The van der Waals surface area contributed by atoms with E-state index in [-0.39, 0.29) is 11.3 Å². The molecule has 154 valence electrons. The highest BCUT2D eigenvalue weighted by atomic mass is 16.6. The van der Waals surface area contributed by atoms with Gasteiger partial charge in [0.15, 0.2) is 0 Å². The number of benzene rings is 2. The molecule has 7 heteroatoms. The van der Waals surface area contributed by atoms with E-state index >= 15 is 0 Å². The molecule has 0 spiro atoms. The number of hydrogen-bond donors (Lipinski definition) is 1. The van der Waals surface area contributed by atoms with Crippen molar-refractivity contribution in [3.8, 4) is 5.75 Å². The van der Waals surface area contributed by atoms with Gasteiger partial charge in [-0.1, -0.05) is 57.2 Å². The molecule has 1 N–H and O–H groups in total. The van der Waals surface area contributed by atoms with Crippen LogP contribution in [-0.4, -0.2) is 23.7 Å². The number of nitro groups is 1. The van der Waals surface area contributed by atoms with Gasteiger partial charge in [0.2, 0.25) is 0 Å². The number of para-hydroxylation sites is 1. The molecule has 0 heterocycles. The first-order valence-electron chi connectivity index (χ1n) is 9.91. The lowest BCUT2D eigenvalue weighted by Crippen LogP contribution is -2.17. The van der Waals surface area contributed by atoms with E-state index in [1.807, 2.05) is 24.3 Å². The van der Waals surface area contributed by atoms with Crippen molar-refractivity contribution in [2.24, 2.45) is 5.10 Å². The Hall–Kier alpha value is -3.22. The average molecular weight is 397 g/mol. The molecule has 2 rings (SSSR count). The van der Waals surface area contributed by atoms with Gasteiger partial charge < -0.3 is 4.74 Å². The number of ether oxygens (including phenoxy) is 1. The Morgan fingerprint density at radius 1 is 1.10 bits per heavy atom. The first-order valence-corrected chi connectivity index (χ1v) is 9.91. The number of hydrazone groups is 1. The van der Waals surface area contributed by atoms with Crippen LogP contribution in [0.4, 0.5) is 5.69 Å². The molecule has 2 aromatic rings. The summed E-state index contributed by atoms with van der Waals surface area (Å²) in [5.41, 5.74) is 3.16. The summed E-state index contributed by atoms with van der Waals surface area (Å²) in [5.74, 6) is 0.185. The van der Waals surface area contributed by atoms with Crippen LogP contribution < -0.4 is 10.2 Å². The van der Waals surface area contributed by atoms with Crippen LogP contribution in [0.5, 0.6) is 5.75 Å². The van der Waals surface area contributed by atoms with Crippen LogP contribution in [0.25, 0.3) is 0 Å². The molecule has 7 nitrogen and oxygen atoms in total. The Balaban J connectivity index is 1.86. The third kappa shape index (κ3) is 7.73. The van der Waals surface area contributed by atoms with Crippen molar-refractivity contribution < 1.29 is 14.5 Å². The minimum Gasteiger partial charge on any atom is -0.493 e. The highest BCUT2D eigenvalue weighted by Gasteiger charge is 2.10. The lowest BCUT2D eigenvalue weighted by Gasteiger charge is -2.09. The predicted molar refractivity (Wildman–Crippen MR) is 113 cm³/mol. The number of carbonyl (C=O) groups is 1. The summed E-state index contributed by atoms with van der Waals surface area (Å²) in [7, 11) is 0. The van der Waals surface area contributed by atoms with Crippen LogP contribution in [0, 0.1) is 10.1 Å². The molecule has 0 saturated carbocycles. The summed E-state index contributed by atoms with van der Waals surface area (Å²) < 4.78 is 5.85. The van der Waals surface area contributed by atoms with Crippen LogP contribution in [-0.2, 0) is 0 Å². The zero-order valence-corrected chi connectivity index (χ0v) is 16.7. The SMILES string of the molecule is CCCCCCCCOc1ccccc1/C=N\NC(=O)c1cccc([N+](=O)[O-])c1. The van der Waals surface area contributed by atoms with Gasteiger partial charge in [-0.15, -0.1) is 0 Å². The molecule has 0 bridgehead atoms. The fourth-order valence-corrected chi connectivity index (χ4v) is 2.77. The normalized spacial score (nSPS) is 10.8. The third-order valence-electron chi connectivity index (χ3n) is 4.36. The summed E-state index contributed by atoms with van der Waals surface area (Å²) in [4.78, 5) is 22.4. The molecule has 0 fully saturated rings. The molecular formula is C22H27N3O4. The van der Waals surface area contributed by atoms with E-state index in [0.717, 1.165) is 18.4 Å². The Morgan fingerprint density at radius 3 is 2.66 bits per heavy atom. The van der Waals surface area contributed by atoms with Crippen molar-refractivity contribution in [3.05, 3.63) is 69.8 Å². The van der Waals surface area contributed by atoms with Crippen LogP contribution >= 0.6 is 0 Å². The van der Waals surface area contributed by atoms with Gasteiger partial charge in [-0.3, -0.25) is 14.9 Å². The van der Waals surface area contributed by atoms with Gasteiger partial charge in [0.1, 0.15) is 5.75 Å². The monoisotopic (exact) mass is 397 g/mol. The molecule has 0 atom stereocenters. The molecule has 0 unspecified atom stereocenters. The quantitative estimate of drug-likeness (QED) is 0.233. The smallest absolute Gasteiger partial charge is 0.271 e. The number of nitrogens with zero attached hydrogens (tertiary/aromatic N) is 2. The van der Waals surface area contributed by atoms with Gasteiger partial charge in [0, 0.05) is 23.3 Å². The molecule has 1 amide bonds. The molecule has 0 aliphatic rings. The van der Waals surface area contributed by atoms with E-state index < -0.39 is 10.8 Å². The second-order valence-electron chi connectivity index (χ2n) is 6.66. The fraction of sp³-hybridized carbons (Fsp3) is 0.364. The fourth-order valence-electron chi connectivity index (χ4n) is 2.77. The Labute approximate surface area is 170 Å². The highest BCUT2D eigenvalue weighted by Crippen LogP contribution is 2.17. The van der Waals surface area contributed by atoms with Gasteiger partial charge in [-0.25, -0.2) is 5.43 Å². The van der Waals surface area contributed by atoms with E-state index in [1.165, 1.54) is 56.2 Å². The number of nitro benzene ring substituents is 1. The van der Waals surface area contributed by atoms with Crippen molar-refractivity contribution in [2.75, 3.05) is 6.61 Å². The minimum absolute atomic E-state index is 0.143. The summed E-state index contributed by atoms with van der Waals surface area (Å²) in [6.07, 6.45) is 8.66. The second-order valence-corrected chi connectivity index (χ2v) is 6.66. The lowest BCUT2D eigenvalue weighted by atomic mass is 10.1. The first-order chi connectivity index (χ1) is 14.1. The summed E-state index contributed by atoms with van der Waals surface area (Å²) in [6.45, 7) is 2.84. The zero-order valence-electron chi connectivity index (χ0n) is 16.7. The molecule has 2 aromatic carbocycles. The maximum atomic E-state index is 12.1. The minimum atomic E-state index is -0.544. The molecule has 0 saturated heterocycles. The Kier molecular flexibility index (Phi) is 9.35. The maximum absolute atomic E-state index is 12.1. The lowest BCUT2D eigenvalue weighted by molar-refractivity contribution is -0.384. The van der Waals surface area contributed by atoms with Crippen molar-refractivity contribution in [2.45, 2.75) is 45.4 Å². The van der Waals surface area contributed by atoms with E-state index in [9.17, 15) is 14.9 Å². The molecule has 0 aliphatic heterocycles. The van der Waals surface area contributed by atoms with Crippen LogP contribution in [0.1, 0.15) is 61.4 Å².